The first-order valence-corrected chi connectivity index (χ1v) is 6.05. The highest BCUT2D eigenvalue weighted by Gasteiger charge is 2.48. The maximum absolute atomic E-state index is 11.8. The van der Waals surface area contributed by atoms with Crippen molar-refractivity contribution in [3.63, 3.8) is 0 Å². The first-order chi connectivity index (χ1) is 9.92. The quantitative estimate of drug-likeness (QED) is 0.411. The Morgan fingerprint density at radius 1 is 0.864 bits per heavy atom. The molecule has 0 aromatic rings. The van der Waals surface area contributed by atoms with E-state index in [1.165, 1.54) is 6.92 Å². The summed E-state index contributed by atoms with van der Waals surface area (Å²) in [7, 11) is 0. The van der Waals surface area contributed by atoms with E-state index < -0.39 is 60.1 Å². The lowest BCUT2D eigenvalue weighted by molar-refractivity contribution is -0.189. The molecule has 0 heterocycles. The lowest BCUT2D eigenvalue weighted by Crippen LogP contribution is -2.48. The average molecular weight is 320 g/mol. The maximum atomic E-state index is 11.8. The molecule has 0 saturated heterocycles. The van der Waals surface area contributed by atoms with Crippen LogP contribution in [-0.4, -0.2) is 55.9 Å². The number of carbonyl (C=O) groups is 5. The summed E-state index contributed by atoms with van der Waals surface area (Å²) in [6, 6.07) is 0. The first kappa shape index (κ1) is 19.4. The monoisotopic (exact) mass is 320 g/mol. The Balaban J connectivity index is 5.47. The van der Waals surface area contributed by atoms with Gasteiger partial charge in [-0.2, -0.15) is 0 Å². The summed E-state index contributed by atoms with van der Waals surface area (Å²) in [6.45, 7) is 2.32. The Labute approximate surface area is 124 Å². The van der Waals surface area contributed by atoms with Gasteiger partial charge < -0.3 is 25.2 Å². The van der Waals surface area contributed by atoms with Crippen LogP contribution in [0.3, 0.4) is 0 Å². The second-order valence-electron chi connectivity index (χ2n) is 4.78. The maximum Gasteiger partial charge on any atom is 0.349 e. The van der Waals surface area contributed by atoms with Gasteiger partial charge in [0.2, 0.25) is 5.60 Å². The number of ether oxygens (including phenoxy) is 1. The fourth-order valence-electron chi connectivity index (χ4n) is 1.52. The predicted molar refractivity (Wildman–Crippen MR) is 66.9 cm³/mol. The normalized spacial score (nSPS) is 13.7. The zero-order valence-electron chi connectivity index (χ0n) is 11.8. The number of aliphatic carboxylic acids is 4. The van der Waals surface area contributed by atoms with Gasteiger partial charge in [-0.1, -0.05) is 13.8 Å². The summed E-state index contributed by atoms with van der Waals surface area (Å²) >= 11 is 0. The second-order valence-corrected chi connectivity index (χ2v) is 4.78. The van der Waals surface area contributed by atoms with Crippen molar-refractivity contribution < 1.29 is 49.1 Å². The molecule has 2 atom stereocenters. The number of carboxylic acids is 4. The van der Waals surface area contributed by atoms with Gasteiger partial charge in [0.1, 0.15) is 0 Å². The van der Waals surface area contributed by atoms with Crippen LogP contribution in [0.1, 0.15) is 26.7 Å². The minimum atomic E-state index is -2.80. The van der Waals surface area contributed by atoms with Crippen molar-refractivity contribution in [2.45, 2.75) is 32.3 Å². The standard InChI is InChI=1S/C12H16O10/c1-5(9(17)18)6(2)10(19)22-12(11(20)21,3-7(13)14)4-8(15)16/h5-6H,3-4H2,1-2H3,(H,13,14)(H,15,16)(H,17,18)(H,20,21). The molecule has 10 heteroatoms. The Kier molecular flexibility index (Phi) is 6.49. The fraction of sp³-hybridized carbons (Fsp3) is 0.583. The van der Waals surface area contributed by atoms with Gasteiger partial charge in [-0.3, -0.25) is 19.2 Å². The molecule has 0 aliphatic heterocycles. The highest BCUT2D eigenvalue weighted by atomic mass is 16.6. The minimum absolute atomic E-state index is 1.15. The molecule has 0 aliphatic carbocycles. The van der Waals surface area contributed by atoms with Gasteiger partial charge in [0.05, 0.1) is 24.7 Å². The van der Waals surface area contributed by atoms with Crippen LogP contribution >= 0.6 is 0 Å². The van der Waals surface area contributed by atoms with Crippen LogP contribution in [0.2, 0.25) is 0 Å². The topological polar surface area (TPSA) is 175 Å². The molecule has 2 unspecified atom stereocenters. The molecule has 0 radical (unpaired) electrons. The molecule has 4 N–H and O–H groups in total. The van der Waals surface area contributed by atoms with Gasteiger partial charge in [0.15, 0.2) is 0 Å². The molecule has 0 spiro atoms. The van der Waals surface area contributed by atoms with Crippen LogP contribution in [0.15, 0.2) is 0 Å². The largest absolute Gasteiger partial charge is 0.481 e. The van der Waals surface area contributed by atoms with Crippen LogP contribution in [-0.2, 0) is 28.7 Å². The summed E-state index contributed by atoms with van der Waals surface area (Å²) in [6.07, 6.45) is -2.54. The third-order valence-corrected chi connectivity index (χ3v) is 3.07. The Morgan fingerprint density at radius 3 is 1.55 bits per heavy atom. The fourth-order valence-corrected chi connectivity index (χ4v) is 1.52. The Morgan fingerprint density at radius 2 is 1.27 bits per heavy atom. The SMILES string of the molecule is CC(C(=O)O)C(C)C(=O)OC(CC(=O)O)(CC(=O)O)C(=O)O. The molecule has 10 nitrogen and oxygen atoms in total. The smallest absolute Gasteiger partial charge is 0.349 e. The minimum Gasteiger partial charge on any atom is -0.481 e. The molecule has 0 saturated carbocycles. The molecule has 22 heavy (non-hydrogen) atoms. The summed E-state index contributed by atoms with van der Waals surface area (Å²) in [5.41, 5.74) is -2.80. The molecule has 0 fully saturated rings. The van der Waals surface area contributed by atoms with Crippen molar-refractivity contribution in [2.75, 3.05) is 0 Å². The molecule has 0 aliphatic rings. The molecule has 0 bridgehead atoms. The van der Waals surface area contributed by atoms with E-state index in [2.05, 4.69) is 4.74 Å². The van der Waals surface area contributed by atoms with Crippen molar-refractivity contribution in [3.05, 3.63) is 0 Å². The number of carboxylic acid groups (broad SMARTS) is 4. The van der Waals surface area contributed by atoms with E-state index in [9.17, 15) is 24.0 Å². The van der Waals surface area contributed by atoms with Crippen molar-refractivity contribution in [2.24, 2.45) is 11.8 Å². The van der Waals surface area contributed by atoms with E-state index in [1.54, 1.807) is 0 Å². The molecular weight excluding hydrogens is 304 g/mol. The van der Waals surface area contributed by atoms with E-state index >= 15 is 0 Å². The number of hydrogen-bond donors (Lipinski definition) is 4. The van der Waals surface area contributed by atoms with Crippen molar-refractivity contribution in [3.8, 4) is 0 Å². The van der Waals surface area contributed by atoms with E-state index in [1.807, 2.05) is 0 Å². The Hall–Kier alpha value is -2.65. The number of rotatable bonds is 9. The zero-order valence-corrected chi connectivity index (χ0v) is 11.8. The second kappa shape index (κ2) is 7.38. The predicted octanol–water partition coefficient (Wildman–Crippen LogP) is -0.341. The lowest BCUT2D eigenvalue weighted by atomic mass is 9.93. The van der Waals surface area contributed by atoms with Gasteiger partial charge in [-0.05, 0) is 0 Å². The van der Waals surface area contributed by atoms with Gasteiger partial charge in [0, 0.05) is 0 Å². The highest BCUT2D eigenvalue weighted by molar-refractivity contribution is 5.91. The average Bonchev–Trinajstić information content (AvgIpc) is 2.34. The molecule has 0 aromatic carbocycles. The summed E-state index contributed by atoms with van der Waals surface area (Å²) in [5.74, 6) is -10.5. The number of hydrogen-bond acceptors (Lipinski definition) is 6. The van der Waals surface area contributed by atoms with Crippen molar-refractivity contribution in [1.82, 2.24) is 0 Å². The summed E-state index contributed by atoms with van der Waals surface area (Å²) < 4.78 is 4.59. The molecule has 124 valence electrons. The van der Waals surface area contributed by atoms with Crippen molar-refractivity contribution in [1.29, 1.82) is 0 Å². The van der Waals surface area contributed by atoms with E-state index in [4.69, 9.17) is 20.4 Å². The third-order valence-electron chi connectivity index (χ3n) is 3.07. The Bertz CT molecular complexity index is 478. The summed E-state index contributed by atoms with van der Waals surface area (Å²) in [4.78, 5) is 55.4. The molecule has 0 rings (SSSR count). The number of carbonyl (C=O) groups excluding carboxylic acids is 1. The van der Waals surface area contributed by atoms with Crippen molar-refractivity contribution >= 4 is 29.8 Å². The van der Waals surface area contributed by atoms with E-state index in [0.717, 1.165) is 6.92 Å². The van der Waals surface area contributed by atoms with Gasteiger partial charge in [0.25, 0.3) is 0 Å². The molecule has 0 amide bonds. The molecule has 0 aromatic heterocycles. The van der Waals surface area contributed by atoms with Crippen LogP contribution in [0.4, 0.5) is 0 Å². The third kappa shape index (κ3) is 5.04. The first-order valence-electron chi connectivity index (χ1n) is 6.05. The van der Waals surface area contributed by atoms with E-state index in [0.29, 0.717) is 0 Å². The molecular formula is C12H16O10. The van der Waals surface area contributed by atoms with Crippen LogP contribution < -0.4 is 0 Å². The van der Waals surface area contributed by atoms with Gasteiger partial charge in [-0.15, -0.1) is 0 Å². The van der Waals surface area contributed by atoms with E-state index in [-0.39, 0.29) is 0 Å². The van der Waals surface area contributed by atoms with Gasteiger partial charge in [-0.25, -0.2) is 4.79 Å². The summed E-state index contributed by atoms with van der Waals surface area (Å²) in [5, 5.41) is 35.3. The van der Waals surface area contributed by atoms with Crippen LogP contribution in [0, 0.1) is 11.8 Å². The van der Waals surface area contributed by atoms with Gasteiger partial charge >= 0.3 is 29.8 Å². The zero-order chi connectivity index (χ0) is 17.7. The lowest BCUT2D eigenvalue weighted by Gasteiger charge is -2.28. The van der Waals surface area contributed by atoms with Crippen LogP contribution in [0.25, 0.3) is 0 Å². The number of esters is 1. The van der Waals surface area contributed by atoms with Crippen LogP contribution in [0.5, 0.6) is 0 Å². The highest BCUT2D eigenvalue weighted by Crippen LogP contribution is 2.25.